The van der Waals surface area contributed by atoms with Crippen LogP contribution in [-0.2, 0) is 34.0 Å². The summed E-state index contributed by atoms with van der Waals surface area (Å²) >= 11 is 0. The first-order valence-corrected chi connectivity index (χ1v) is 15.8. The highest BCUT2D eigenvalue weighted by Gasteiger charge is 2.32. The van der Waals surface area contributed by atoms with Gasteiger partial charge in [-0.05, 0) is 12.1 Å². The highest BCUT2D eigenvalue weighted by Crippen LogP contribution is 2.30. The quantitative estimate of drug-likeness (QED) is 0.193. The Bertz CT molecular complexity index is 1290. The Kier molecular flexibility index (Phi) is 10.8. The van der Waals surface area contributed by atoms with Crippen molar-refractivity contribution >= 4 is 71.8 Å². The molecule has 0 atom stereocenters. The van der Waals surface area contributed by atoms with Crippen LogP contribution in [0.1, 0.15) is 25.7 Å². The number of hydrogen-bond donors (Lipinski definition) is 2. The molecule has 14 heteroatoms. The fourth-order valence-corrected chi connectivity index (χ4v) is 6.84. The number of hydroxylamine groups is 2. The third-order valence-corrected chi connectivity index (χ3v) is 9.38. The molecule has 11 nitrogen and oxygen atoms in total. The normalized spacial score (nSPS) is 13.7. The van der Waals surface area contributed by atoms with Gasteiger partial charge in [0.2, 0.25) is 15.9 Å². The molecule has 0 saturated carbocycles. The van der Waals surface area contributed by atoms with Crippen LogP contribution in [0.5, 0.6) is 0 Å². The zero-order chi connectivity index (χ0) is 27.7. The first kappa shape index (κ1) is 29.7. The monoisotopic (exact) mass is 582 g/mol. The summed E-state index contributed by atoms with van der Waals surface area (Å²) in [6, 6.07) is 10.7. The Morgan fingerprint density at radius 1 is 0.947 bits per heavy atom. The van der Waals surface area contributed by atoms with Gasteiger partial charge in [-0.15, -0.1) is 5.06 Å². The third-order valence-electron chi connectivity index (χ3n) is 5.45. The van der Waals surface area contributed by atoms with Gasteiger partial charge in [0.25, 0.3) is 11.8 Å². The lowest BCUT2D eigenvalue weighted by Crippen LogP contribution is -2.34. The molecule has 0 bridgehead atoms. The molecule has 1 aliphatic heterocycles. The fraction of sp³-hybridized carbons (Fsp3) is 0.417. The van der Waals surface area contributed by atoms with E-state index in [0.717, 1.165) is 11.1 Å². The van der Waals surface area contributed by atoms with Crippen LogP contribution in [0.25, 0.3) is 10.8 Å². The largest absolute Gasteiger partial charge is 0.377 e. The van der Waals surface area contributed by atoms with Crippen LogP contribution in [-0.4, -0.2) is 75.9 Å². The summed E-state index contributed by atoms with van der Waals surface area (Å²) in [6.45, 7) is 0.188. The summed E-state index contributed by atoms with van der Waals surface area (Å²) in [5.74, 6) is -1.03. The van der Waals surface area contributed by atoms with E-state index < -0.39 is 27.8 Å². The summed E-state index contributed by atoms with van der Waals surface area (Å²) in [5, 5.41) is 4.66. The van der Waals surface area contributed by atoms with Gasteiger partial charge in [-0.1, -0.05) is 45.9 Å². The lowest BCUT2D eigenvalue weighted by atomic mass is 10.1. The highest BCUT2D eigenvalue weighted by atomic mass is 33.1. The zero-order valence-electron chi connectivity index (χ0n) is 21.1. The van der Waals surface area contributed by atoms with Gasteiger partial charge in [-0.2, -0.15) is 0 Å². The maximum absolute atomic E-state index is 12.9. The number of amides is 3. The standard InChI is InChI=1S/C24H30N4O7S3/c1-27(2)19-7-3-6-18-17(19)5-4-8-20(18)38(33,34)26-14-13-25-21(29)11-15-36-37-16-12-24(32)35-28-22(30)9-10-23(28)31/h3-8,26H,9-16H2,1-2H3,(H,25,29). The number of nitrogens with one attached hydrogen (secondary N) is 2. The van der Waals surface area contributed by atoms with Gasteiger partial charge in [0, 0.05) is 74.4 Å². The second-order valence-corrected chi connectivity index (χ2v) is 12.9. The van der Waals surface area contributed by atoms with Crippen molar-refractivity contribution in [3.05, 3.63) is 36.4 Å². The minimum atomic E-state index is -3.78. The minimum absolute atomic E-state index is 0.0220. The molecule has 2 N–H and O–H groups in total. The number of anilines is 1. The SMILES string of the molecule is CN(C)c1cccc2c(S(=O)(=O)NCCNC(=O)CCSSCCC(=O)ON3C(=O)CCC3=O)cccc12. The summed E-state index contributed by atoms with van der Waals surface area (Å²) < 4.78 is 28.4. The van der Waals surface area contributed by atoms with Gasteiger partial charge in [0.15, 0.2) is 0 Å². The molecule has 3 rings (SSSR count). The van der Waals surface area contributed by atoms with Crippen molar-refractivity contribution in [2.75, 3.05) is 43.6 Å². The predicted octanol–water partition coefficient (Wildman–Crippen LogP) is 2.07. The molecule has 38 heavy (non-hydrogen) atoms. The van der Waals surface area contributed by atoms with E-state index in [1.807, 2.05) is 37.2 Å². The van der Waals surface area contributed by atoms with Crippen molar-refractivity contribution in [1.82, 2.24) is 15.1 Å². The first-order valence-electron chi connectivity index (χ1n) is 11.9. The van der Waals surface area contributed by atoms with Gasteiger partial charge in [-0.25, -0.2) is 17.9 Å². The molecular weight excluding hydrogens is 552 g/mol. The maximum atomic E-state index is 12.9. The van der Waals surface area contributed by atoms with E-state index in [4.69, 9.17) is 4.84 Å². The molecule has 0 aliphatic carbocycles. The van der Waals surface area contributed by atoms with E-state index in [1.54, 1.807) is 18.2 Å². The van der Waals surface area contributed by atoms with Crippen molar-refractivity contribution in [1.29, 1.82) is 0 Å². The van der Waals surface area contributed by atoms with Crippen LogP contribution in [0.2, 0.25) is 0 Å². The second-order valence-electron chi connectivity index (χ2n) is 8.46. The average molecular weight is 583 g/mol. The van der Waals surface area contributed by atoms with Crippen LogP contribution in [0.3, 0.4) is 0 Å². The van der Waals surface area contributed by atoms with Gasteiger partial charge < -0.3 is 15.1 Å². The van der Waals surface area contributed by atoms with Gasteiger partial charge in [0.1, 0.15) is 0 Å². The molecular formula is C24H30N4O7S3. The number of imide groups is 1. The van der Waals surface area contributed by atoms with Crippen molar-refractivity contribution < 1.29 is 32.4 Å². The number of nitrogens with zero attached hydrogens (tertiary/aromatic N) is 2. The van der Waals surface area contributed by atoms with Crippen molar-refractivity contribution in [3.8, 4) is 0 Å². The van der Waals surface area contributed by atoms with Crippen LogP contribution in [0.15, 0.2) is 41.3 Å². The van der Waals surface area contributed by atoms with E-state index >= 15 is 0 Å². The first-order chi connectivity index (χ1) is 18.1. The molecule has 1 aliphatic rings. The number of rotatable bonds is 14. The molecule has 2 aromatic rings. The van der Waals surface area contributed by atoms with Crippen LogP contribution in [0.4, 0.5) is 5.69 Å². The summed E-state index contributed by atoms with van der Waals surface area (Å²) in [4.78, 5) is 53.5. The number of carbonyl (C=O) groups excluding carboxylic acids is 4. The van der Waals surface area contributed by atoms with Crippen LogP contribution in [0, 0.1) is 0 Å². The molecule has 1 fully saturated rings. The Hall–Kier alpha value is -2.81. The lowest BCUT2D eigenvalue weighted by Gasteiger charge is -2.17. The van der Waals surface area contributed by atoms with E-state index in [2.05, 4.69) is 10.0 Å². The highest BCUT2D eigenvalue weighted by molar-refractivity contribution is 8.76. The molecule has 2 aromatic carbocycles. The second kappa shape index (κ2) is 13.8. The topological polar surface area (TPSA) is 142 Å². The predicted molar refractivity (Wildman–Crippen MR) is 148 cm³/mol. The Morgan fingerprint density at radius 2 is 1.58 bits per heavy atom. The van der Waals surface area contributed by atoms with Crippen LogP contribution < -0.4 is 14.9 Å². The maximum Gasteiger partial charge on any atom is 0.334 e. The van der Waals surface area contributed by atoms with Gasteiger partial charge in [0.05, 0.1) is 11.3 Å². The third kappa shape index (κ3) is 8.09. The fourth-order valence-electron chi connectivity index (χ4n) is 3.62. The molecule has 1 heterocycles. The van der Waals surface area contributed by atoms with Gasteiger partial charge >= 0.3 is 5.97 Å². The Balaban J connectivity index is 1.32. The summed E-state index contributed by atoms with van der Waals surface area (Å²) in [5.41, 5.74) is 0.915. The number of fused-ring (bicyclic) bond motifs is 1. The minimum Gasteiger partial charge on any atom is -0.377 e. The summed E-state index contributed by atoms with van der Waals surface area (Å²) in [6.07, 6.45) is 0.343. The van der Waals surface area contributed by atoms with Gasteiger partial charge in [-0.3, -0.25) is 14.4 Å². The molecule has 206 valence electrons. The van der Waals surface area contributed by atoms with Crippen LogP contribution >= 0.6 is 21.6 Å². The number of carbonyl (C=O) groups is 4. The van der Waals surface area contributed by atoms with Crippen molar-refractivity contribution in [3.63, 3.8) is 0 Å². The number of benzene rings is 2. The Labute approximate surface area is 229 Å². The molecule has 0 unspecified atom stereocenters. The molecule has 0 spiro atoms. The van der Waals surface area contributed by atoms with E-state index in [0.29, 0.717) is 22.0 Å². The molecule has 0 radical (unpaired) electrons. The van der Waals surface area contributed by atoms with Crippen molar-refractivity contribution in [2.45, 2.75) is 30.6 Å². The summed E-state index contributed by atoms with van der Waals surface area (Å²) in [7, 11) is 2.78. The molecule has 0 aromatic heterocycles. The molecule has 3 amide bonds. The molecule has 1 saturated heterocycles. The van der Waals surface area contributed by atoms with E-state index in [9.17, 15) is 27.6 Å². The Morgan fingerprint density at radius 3 is 2.26 bits per heavy atom. The van der Waals surface area contributed by atoms with Crippen molar-refractivity contribution in [2.24, 2.45) is 0 Å². The smallest absolute Gasteiger partial charge is 0.334 e. The number of sulfonamides is 1. The average Bonchev–Trinajstić information content (AvgIpc) is 3.19. The zero-order valence-corrected chi connectivity index (χ0v) is 23.5. The van der Waals surface area contributed by atoms with E-state index in [-0.39, 0.29) is 49.6 Å². The van der Waals surface area contributed by atoms with E-state index in [1.165, 1.54) is 21.6 Å². The number of hydrogen-bond acceptors (Lipinski definition) is 10. The lowest BCUT2D eigenvalue weighted by molar-refractivity contribution is -0.197.